The molecular formula is C24H29FN6O2. The number of carbonyl (C=O) groups excluding carboxylic acids is 1. The number of halogens is 1. The lowest BCUT2D eigenvalue weighted by Crippen LogP contribution is -2.31. The summed E-state index contributed by atoms with van der Waals surface area (Å²) >= 11 is 0. The zero-order valence-electron chi connectivity index (χ0n) is 18.6. The monoisotopic (exact) mass is 452 g/mol. The minimum Gasteiger partial charge on any atom is -0.337 e. The zero-order chi connectivity index (χ0) is 23.6. The third-order valence-corrected chi connectivity index (χ3v) is 5.09. The van der Waals surface area contributed by atoms with Crippen molar-refractivity contribution < 1.29 is 9.18 Å². The lowest BCUT2D eigenvalue weighted by atomic mass is 10.1. The molecule has 0 saturated carbocycles. The number of anilines is 1. The number of amides is 2. The number of nitrogens with two attached hydrogens (primary N) is 1. The van der Waals surface area contributed by atoms with Gasteiger partial charge in [-0.15, -0.1) is 0 Å². The Morgan fingerprint density at radius 2 is 1.94 bits per heavy atom. The highest BCUT2D eigenvalue weighted by Crippen LogP contribution is 2.19. The Morgan fingerprint density at radius 1 is 1.15 bits per heavy atom. The van der Waals surface area contributed by atoms with Crippen LogP contribution in [0.1, 0.15) is 23.1 Å². The van der Waals surface area contributed by atoms with Crippen LogP contribution in [0, 0.1) is 12.7 Å². The molecule has 33 heavy (non-hydrogen) atoms. The first-order valence-electron chi connectivity index (χ1n) is 10.9. The number of nitrogens with one attached hydrogen (secondary N) is 4. The van der Waals surface area contributed by atoms with Gasteiger partial charge in [-0.1, -0.05) is 42.0 Å². The molecule has 0 radical (unpaired) electrons. The average Bonchev–Trinajstić information content (AvgIpc) is 2.79. The van der Waals surface area contributed by atoms with Gasteiger partial charge in [0.05, 0.1) is 5.56 Å². The summed E-state index contributed by atoms with van der Waals surface area (Å²) < 4.78 is 14.4. The van der Waals surface area contributed by atoms with Crippen molar-refractivity contribution in [3.63, 3.8) is 0 Å². The number of aromatic nitrogens is 2. The zero-order valence-corrected chi connectivity index (χ0v) is 18.6. The molecule has 174 valence electrons. The molecule has 3 aromatic rings. The van der Waals surface area contributed by atoms with Crippen molar-refractivity contribution in [2.45, 2.75) is 26.3 Å². The Kier molecular flexibility index (Phi) is 8.68. The number of hydrogen-bond acceptors (Lipinski definition) is 5. The van der Waals surface area contributed by atoms with Crippen molar-refractivity contribution in [2.75, 3.05) is 25.0 Å². The van der Waals surface area contributed by atoms with Crippen LogP contribution in [0.2, 0.25) is 0 Å². The molecule has 6 N–H and O–H groups in total. The van der Waals surface area contributed by atoms with Crippen LogP contribution in [0.4, 0.5) is 15.1 Å². The largest absolute Gasteiger partial charge is 0.337 e. The second-order valence-electron chi connectivity index (χ2n) is 7.71. The van der Waals surface area contributed by atoms with Gasteiger partial charge in [0.1, 0.15) is 5.82 Å². The van der Waals surface area contributed by atoms with Gasteiger partial charge in [0.2, 0.25) is 5.95 Å². The summed E-state index contributed by atoms with van der Waals surface area (Å²) in [5, 5.41) is 8.35. The van der Waals surface area contributed by atoms with Crippen molar-refractivity contribution >= 4 is 12.0 Å². The third kappa shape index (κ3) is 7.23. The summed E-state index contributed by atoms with van der Waals surface area (Å²) in [4.78, 5) is 31.2. The number of rotatable bonds is 10. The molecule has 0 atom stereocenters. The summed E-state index contributed by atoms with van der Waals surface area (Å²) in [6.07, 6.45) is 2.90. The number of urea groups is 1. The maximum atomic E-state index is 14.4. The molecule has 0 aliphatic rings. The standard InChI is InChI=1S/C24H29FN6O2/c1-16-3-5-17(6-4-16)9-12-28-24(33)31-23-29-15-20(22(32)30-23)18-7-8-19(21(25)13-18)14-27-11-2-10-26/h3-8,13,15,27H,2,9-12,14,26H2,1H3,(H3,28,29,30,31,32,33). The molecule has 2 aromatic carbocycles. The van der Waals surface area contributed by atoms with Gasteiger partial charge in [-0.3, -0.25) is 10.1 Å². The molecule has 0 aliphatic carbocycles. The van der Waals surface area contributed by atoms with Gasteiger partial charge in [-0.25, -0.2) is 9.18 Å². The molecule has 9 heteroatoms. The fraction of sp³-hybridized carbons (Fsp3) is 0.292. The molecule has 0 bridgehead atoms. The van der Waals surface area contributed by atoms with Gasteiger partial charge in [0.25, 0.3) is 5.56 Å². The lowest BCUT2D eigenvalue weighted by molar-refractivity contribution is 0.252. The quantitative estimate of drug-likeness (QED) is 0.303. The predicted molar refractivity (Wildman–Crippen MR) is 128 cm³/mol. The summed E-state index contributed by atoms with van der Waals surface area (Å²) in [6.45, 7) is 4.11. The van der Waals surface area contributed by atoms with E-state index in [1.165, 1.54) is 17.8 Å². The maximum absolute atomic E-state index is 14.4. The van der Waals surface area contributed by atoms with Gasteiger partial charge in [-0.2, -0.15) is 4.98 Å². The minimum atomic E-state index is -0.572. The van der Waals surface area contributed by atoms with E-state index in [4.69, 9.17) is 5.73 Å². The Hall–Kier alpha value is -3.56. The second-order valence-corrected chi connectivity index (χ2v) is 7.71. The van der Waals surface area contributed by atoms with Crippen LogP contribution in [0.3, 0.4) is 0 Å². The Bertz CT molecular complexity index is 1130. The highest BCUT2D eigenvalue weighted by atomic mass is 19.1. The van der Waals surface area contributed by atoms with Gasteiger partial charge < -0.3 is 21.4 Å². The number of benzene rings is 2. The molecule has 0 saturated heterocycles. The van der Waals surface area contributed by atoms with Crippen LogP contribution in [0.15, 0.2) is 53.5 Å². The number of hydrogen-bond donors (Lipinski definition) is 5. The van der Waals surface area contributed by atoms with Crippen LogP contribution < -0.4 is 27.2 Å². The first kappa shape index (κ1) is 24.1. The van der Waals surface area contributed by atoms with E-state index < -0.39 is 17.4 Å². The first-order valence-corrected chi connectivity index (χ1v) is 10.9. The number of nitrogens with zero attached hydrogens (tertiary/aromatic N) is 1. The summed E-state index contributed by atoms with van der Waals surface area (Å²) in [5.41, 5.74) is 8.27. The minimum absolute atomic E-state index is 0.0118. The summed E-state index contributed by atoms with van der Waals surface area (Å²) in [6, 6.07) is 12.2. The molecule has 0 spiro atoms. The van der Waals surface area contributed by atoms with Crippen LogP contribution in [-0.2, 0) is 13.0 Å². The van der Waals surface area contributed by atoms with E-state index in [1.54, 1.807) is 12.1 Å². The summed E-state index contributed by atoms with van der Waals surface area (Å²) in [5.74, 6) is -0.403. The number of aromatic amines is 1. The third-order valence-electron chi connectivity index (χ3n) is 5.09. The van der Waals surface area contributed by atoms with E-state index in [0.717, 1.165) is 12.0 Å². The van der Waals surface area contributed by atoms with E-state index in [9.17, 15) is 14.0 Å². The molecule has 3 rings (SSSR count). The van der Waals surface area contributed by atoms with Gasteiger partial charge in [-0.05, 0) is 50.0 Å². The van der Waals surface area contributed by atoms with Crippen molar-refractivity contribution in [1.82, 2.24) is 20.6 Å². The molecule has 0 fully saturated rings. The van der Waals surface area contributed by atoms with Crippen LogP contribution in [0.5, 0.6) is 0 Å². The van der Waals surface area contributed by atoms with E-state index in [1.807, 2.05) is 31.2 Å². The predicted octanol–water partition coefficient (Wildman–Crippen LogP) is 2.69. The molecule has 1 heterocycles. The SMILES string of the molecule is Cc1ccc(CCNC(=O)Nc2nc(=O)c(-c3ccc(CNCCCN)c(F)c3)c[nH]2)cc1. The smallest absolute Gasteiger partial charge is 0.321 e. The number of carbonyl (C=O) groups is 1. The second kappa shape index (κ2) is 11.9. The van der Waals surface area contributed by atoms with Gasteiger partial charge in [0, 0.05) is 24.8 Å². The Balaban J connectivity index is 1.55. The molecule has 2 amide bonds. The summed E-state index contributed by atoms with van der Waals surface area (Å²) in [7, 11) is 0. The molecule has 0 unspecified atom stereocenters. The fourth-order valence-electron chi connectivity index (χ4n) is 3.20. The molecule has 1 aromatic heterocycles. The van der Waals surface area contributed by atoms with Gasteiger partial charge >= 0.3 is 6.03 Å². The molecular weight excluding hydrogens is 423 g/mol. The highest BCUT2D eigenvalue weighted by Gasteiger charge is 2.11. The average molecular weight is 453 g/mol. The van der Waals surface area contributed by atoms with Crippen molar-refractivity contribution in [3.05, 3.63) is 81.5 Å². The van der Waals surface area contributed by atoms with Crippen molar-refractivity contribution in [1.29, 1.82) is 0 Å². The highest BCUT2D eigenvalue weighted by molar-refractivity contribution is 5.87. The first-order chi connectivity index (χ1) is 16.0. The van der Waals surface area contributed by atoms with E-state index in [2.05, 4.69) is 25.9 Å². The Labute approximate surface area is 191 Å². The van der Waals surface area contributed by atoms with Gasteiger partial charge in [0.15, 0.2) is 0 Å². The van der Waals surface area contributed by atoms with E-state index in [-0.39, 0.29) is 11.5 Å². The number of H-pyrrole nitrogens is 1. The fourth-order valence-corrected chi connectivity index (χ4v) is 3.20. The van der Waals surface area contributed by atoms with E-state index >= 15 is 0 Å². The topological polar surface area (TPSA) is 125 Å². The van der Waals surface area contributed by atoms with Crippen LogP contribution >= 0.6 is 0 Å². The van der Waals surface area contributed by atoms with E-state index in [0.29, 0.717) is 43.7 Å². The van der Waals surface area contributed by atoms with Crippen LogP contribution in [-0.4, -0.2) is 35.6 Å². The lowest BCUT2D eigenvalue weighted by Gasteiger charge is -2.09. The number of aryl methyl sites for hydroxylation is 1. The van der Waals surface area contributed by atoms with Crippen molar-refractivity contribution in [2.24, 2.45) is 5.73 Å². The molecule has 0 aliphatic heterocycles. The van der Waals surface area contributed by atoms with Crippen LogP contribution in [0.25, 0.3) is 11.1 Å². The normalized spacial score (nSPS) is 10.8. The maximum Gasteiger partial charge on any atom is 0.321 e. The molecule has 8 nitrogen and oxygen atoms in total. The Morgan fingerprint density at radius 3 is 2.64 bits per heavy atom. The van der Waals surface area contributed by atoms with Crippen molar-refractivity contribution in [3.8, 4) is 11.1 Å².